The molecule has 1 aliphatic rings. The van der Waals surface area contributed by atoms with Gasteiger partial charge in [-0.05, 0) is 31.9 Å². The molecule has 1 aromatic heterocycles. The Morgan fingerprint density at radius 2 is 2.33 bits per heavy atom. The Labute approximate surface area is 122 Å². The Kier molecular flexibility index (Phi) is 4.44. The number of nitrogen functional groups attached to an aromatic ring is 2. The molecule has 7 nitrogen and oxygen atoms in total. The van der Waals surface area contributed by atoms with E-state index in [2.05, 4.69) is 0 Å². The number of rotatable bonds is 5. The molecule has 114 valence electrons. The zero-order valence-corrected chi connectivity index (χ0v) is 11.9. The van der Waals surface area contributed by atoms with E-state index in [1.165, 1.54) is 13.0 Å². The quantitative estimate of drug-likeness (QED) is 0.359. The molecule has 6 N–H and O–H groups in total. The third-order valence-electron chi connectivity index (χ3n) is 3.47. The van der Waals surface area contributed by atoms with Crippen molar-refractivity contribution in [2.75, 3.05) is 12.3 Å². The number of carbonyl (C=O) groups excluding carboxylic acids is 1. The number of ether oxygens (including phenoxy) is 1. The number of carbonyl (C=O) groups is 1. The van der Waals surface area contributed by atoms with E-state index in [4.69, 9.17) is 26.7 Å². The molecule has 1 fully saturated rings. The van der Waals surface area contributed by atoms with Crippen molar-refractivity contribution in [1.29, 1.82) is 5.41 Å². The molecular formula is C14H20N4O3. The second-order valence-electron chi connectivity index (χ2n) is 5.08. The summed E-state index contributed by atoms with van der Waals surface area (Å²) in [6.07, 6.45) is 5.68. The number of hydrogen-bond donors (Lipinski definition) is 4. The summed E-state index contributed by atoms with van der Waals surface area (Å²) in [5.41, 5.74) is 12.6. The highest BCUT2D eigenvalue weighted by Gasteiger charge is 2.28. The molecule has 0 unspecified atom stereocenters. The summed E-state index contributed by atoms with van der Waals surface area (Å²) in [4.78, 5) is 11.1. The first-order chi connectivity index (χ1) is 9.93. The fourth-order valence-corrected chi connectivity index (χ4v) is 2.45. The maximum atomic E-state index is 11.1. The summed E-state index contributed by atoms with van der Waals surface area (Å²) >= 11 is 0. The van der Waals surface area contributed by atoms with Gasteiger partial charge in [-0.2, -0.15) is 0 Å². The van der Waals surface area contributed by atoms with Gasteiger partial charge in [-0.15, -0.1) is 0 Å². The largest absolute Gasteiger partial charge is 0.394 e. The predicted octanol–water partition coefficient (Wildman–Crippen LogP) is 0.626. The molecule has 0 saturated carbocycles. The van der Waals surface area contributed by atoms with Crippen LogP contribution in [-0.4, -0.2) is 34.0 Å². The highest BCUT2D eigenvalue weighted by atomic mass is 16.5. The van der Waals surface area contributed by atoms with Gasteiger partial charge < -0.3 is 25.9 Å². The summed E-state index contributed by atoms with van der Waals surface area (Å²) in [6, 6.07) is 0. The first kappa shape index (κ1) is 15.3. The van der Waals surface area contributed by atoms with Gasteiger partial charge in [0.25, 0.3) is 0 Å². The highest BCUT2D eigenvalue weighted by Crippen LogP contribution is 2.33. The molecule has 21 heavy (non-hydrogen) atoms. The van der Waals surface area contributed by atoms with Gasteiger partial charge >= 0.3 is 0 Å². The molecule has 0 bridgehead atoms. The van der Waals surface area contributed by atoms with Gasteiger partial charge in [0.15, 0.2) is 5.78 Å². The maximum Gasteiger partial charge on any atom is 0.152 e. The van der Waals surface area contributed by atoms with Crippen molar-refractivity contribution in [3.63, 3.8) is 0 Å². The number of nitrogens with two attached hydrogens (primary N) is 2. The van der Waals surface area contributed by atoms with E-state index in [1.54, 1.807) is 16.8 Å². The Morgan fingerprint density at radius 3 is 2.86 bits per heavy atom. The number of nitrogens with zero attached hydrogens (tertiary/aromatic N) is 1. The normalized spacial score (nSPS) is 22.0. The molecule has 0 amide bonds. The Bertz CT molecular complexity index is 591. The summed E-state index contributed by atoms with van der Waals surface area (Å²) in [5.74, 6) is 0.0636. The SMILES string of the molecule is CC(=O)/C=C/c1cn([C@H]2CC[C@@H](CO)O2)c(N)c1C(=N)N. The molecule has 0 aromatic carbocycles. The molecule has 1 aromatic rings. The molecule has 0 spiro atoms. The predicted molar refractivity (Wildman–Crippen MR) is 79.8 cm³/mol. The summed E-state index contributed by atoms with van der Waals surface area (Å²) in [5, 5.41) is 16.8. The van der Waals surface area contributed by atoms with Crippen molar-refractivity contribution in [1.82, 2.24) is 4.57 Å². The number of aliphatic hydroxyl groups is 1. The summed E-state index contributed by atoms with van der Waals surface area (Å²) in [6.45, 7) is 1.41. The smallest absolute Gasteiger partial charge is 0.152 e. The van der Waals surface area contributed by atoms with Gasteiger partial charge in [-0.25, -0.2) is 0 Å². The van der Waals surface area contributed by atoms with Crippen LogP contribution in [0, 0.1) is 5.41 Å². The number of ketones is 1. The van der Waals surface area contributed by atoms with Gasteiger partial charge in [-0.1, -0.05) is 0 Å². The van der Waals surface area contributed by atoms with Crippen LogP contribution in [0.2, 0.25) is 0 Å². The average molecular weight is 292 g/mol. The van der Waals surface area contributed by atoms with Gasteiger partial charge in [0.2, 0.25) is 0 Å². The van der Waals surface area contributed by atoms with Crippen molar-refractivity contribution < 1.29 is 14.6 Å². The van der Waals surface area contributed by atoms with Crippen LogP contribution in [0.15, 0.2) is 12.3 Å². The van der Waals surface area contributed by atoms with Gasteiger partial charge in [0.1, 0.15) is 17.9 Å². The minimum absolute atomic E-state index is 0.0334. The second-order valence-corrected chi connectivity index (χ2v) is 5.08. The third kappa shape index (κ3) is 3.14. The summed E-state index contributed by atoms with van der Waals surface area (Å²) in [7, 11) is 0. The number of allylic oxidation sites excluding steroid dienone is 1. The first-order valence-corrected chi connectivity index (χ1v) is 6.73. The molecule has 1 saturated heterocycles. The van der Waals surface area contributed by atoms with Crippen LogP contribution in [0.4, 0.5) is 5.82 Å². The number of hydrogen-bond acceptors (Lipinski definition) is 5. The van der Waals surface area contributed by atoms with E-state index in [1.807, 2.05) is 0 Å². The molecule has 2 heterocycles. The zero-order chi connectivity index (χ0) is 15.6. The van der Waals surface area contributed by atoms with Crippen LogP contribution < -0.4 is 11.5 Å². The summed E-state index contributed by atoms with van der Waals surface area (Å²) < 4.78 is 7.38. The van der Waals surface area contributed by atoms with Crippen molar-refractivity contribution in [3.8, 4) is 0 Å². The van der Waals surface area contributed by atoms with E-state index < -0.39 is 0 Å². The molecular weight excluding hydrogens is 272 g/mol. The average Bonchev–Trinajstić information content (AvgIpc) is 3.00. The Hall–Kier alpha value is -2.12. The molecule has 2 atom stereocenters. The number of aliphatic hydroxyl groups excluding tert-OH is 1. The minimum Gasteiger partial charge on any atom is -0.394 e. The standard InChI is InChI=1S/C14H20N4O3/c1-8(20)2-3-9-6-18(14(17)12(9)13(15)16)11-5-4-10(7-19)21-11/h2-3,6,10-11,19H,4-5,7,17H2,1H3,(H3,15,16)/b3-2+/t10-,11+/m0/s1. The number of aromatic nitrogens is 1. The van der Waals surface area contributed by atoms with Crippen molar-refractivity contribution in [2.24, 2.45) is 5.73 Å². The maximum absolute atomic E-state index is 11.1. The fourth-order valence-electron chi connectivity index (χ4n) is 2.45. The van der Waals surface area contributed by atoms with Crippen LogP contribution in [0.3, 0.4) is 0 Å². The molecule has 0 radical (unpaired) electrons. The number of amidine groups is 1. The Morgan fingerprint density at radius 1 is 1.62 bits per heavy atom. The van der Waals surface area contributed by atoms with Crippen LogP contribution in [0.1, 0.15) is 37.1 Å². The fraction of sp³-hybridized carbons (Fsp3) is 0.429. The topological polar surface area (TPSA) is 127 Å². The molecule has 0 aliphatic carbocycles. The molecule has 7 heteroatoms. The van der Waals surface area contributed by atoms with Gasteiger partial charge in [0.05, 0.1) is 18.3 Å². The van der Waals surface area contributed by atoms with Crippen molar-refractivity contribution in [2.45, 2.75) is 32.1 Å². The highest BCUT2D eigenvalue weighted by molar-refractivity contribution is 6.04. The van der Waals surface area contributed by atoms with Crippen LogP contribution in [0.25, 0.3) is 6.08 Å². The lowest BCUT2D eigenvalue weighted by molar-refractivity contribution is -0.112. The molecule has 1 aliphatic heterocycles. The van der Waals surface area contributed by atoms with Crippen LogP contribution in [-0.2, 0) is 9.53 Å². The monoisotopic (exact) mass is 292 g/mol. The van der Waals surface area contributed by atoms with Crippen molar-refractivity contribution in [3.05, 3.63) is 23.4 Å². The lowest BCUT2D eigenvalue weighted by atomic mass is 10.1. The third-order valence-corrected chi connectivity index (χ3v) is 3.47. The number of nitrogens with one attached hydrogen (secondary N) is 1. The molecule has 2 rings (SSSR count). The van der Waals surface area contributed by atoms with E-state index in [0.717, 1.165) is 12.8 Å². The van der Waals surface area contributed by atoms with E-state index in [0.29, 0.717) is 16.9 Å². The van der Waals surface area contributed by atoms with Gasteiger partial charge in [0, 0.05) is 11.8 Å². The second kappa shape index (κ2) is 6.11. The van der Waals surface area contributed by atoms with Crippen molar-refractivity contribution >= 4 is 23.5 Å². The van der Waals surface area contributed by atoms with Gasteiger partial charge in [-0.3, -0.25) is 10.2 Å². The van der Waals surface area contributed by atoms with Crippen LogP contribution in [0.5, 0.6) is 0 Å². The number of anilines is 1. The Balaban J connectivity index is 2.37. The minimum atomic E-state index is -0.292. The first-order valence-electron chi connectivity index (χ1n) is 6.73. The lowest BCUT2D eigenvalue weighted by Crippen LogP contribution is -2.17. The van der Waals surface area contributed by atoms with E-state index in [-0.39, 0.29) is 30.6 Å². The van der Waals surface area contributed by atoms with Crippen LogP contribution >= 0.6 is 0 Å². The lowest BCUT2D eigenvalue weighted by Gasteiger charge is -2.15. The van der Waals surface area contributed by atoms with E-state index >= 15 is 0 Å². The van der Waals surface area contributed by atoms with E-state index in [9.17, 15) is 4.79 Å². The zero-order valence-electron chi connectivity index (χ0n) is 11.9.